The molecule has 108 valence electrons. The molecule has 0 spiro atoms. The number of thiophene rings is 1. The molecular weight excluding hydrogens is 256 g/mol. The van der Waals surface area contributed by atoms with Crippen LogP contribution in [-0.4, -0.2) is 37.2 Å². The lowest BCUT2D eigenvalue weighted by molar-refractivity contribution is -0.0101. The van der Waals surface area contributed by atoms with Crippen LogP contribution in [-0.2, 0) is 4.74 Å². The van der Waals surface area contributed by atoms with E-state index in [-0.39, 0.29) is 6.04 Å². The largest absolute Gasteiger partial charge is 0.377 e. The first kappa shape index (κ1) is 15.0. The van der Waals surface area contributed by atoms with Crippen LogP contribution in [0.3, 0.4) is 0 Å². The van der Waals surface area contributed by atoms with Crippen molar-refractivity contribution in [1.82, 2.24) is 4.90 Å². The maximum absolute atomic E-state index is 6.34. The molecular formula is C15H26N2OS. The van der Waals surface area contributed by atoms with Crippen molar-refractivity contribution < 1.29 is 4.74 Å². The van der Waals surface area contributed by atoms with E-state index in [0.717, 1.165) is 19.6 Å². The van der Waals surface area contributed by atoms with Crippen LogP contribution in [0.5, 0.6) is 0 Å². The second-order valence-electron chi connectivity index (χ2n) is 5.46. The van der Waals surface area contributed by atoms with Crippen LogP contribution in [0.15, 0.2) is 17.5 Å². The van der Waals surface area contributed by atoms with Gasteiger partial charge in [0.1, 0.15) is 0 Å². The second kappa shape index (κ2) is 7.39. The normalized spacial score (nSPS) is 23.5. The van der Waals surface area contributed by atoms with Gasteiger partial charge in [-0.15, -0.1) is 11.3 Å². The van der Waals surface area contributed by atoms with Crippen molar-refractivity contribution in [2.24, 2.45) is 5.73 Å². The fourth-order valence-electron chi connectivity index (χ4n) is 2.82. The third kappa shape index (κ3) is 4.02. The van der Waals surface area contributed by atoms with Gasteiger partial charge in [-0.25, -0.2) is 0 Å². The highest BCUT2D eigenvalue weighted by atomic mass is 32.1. The highest BCUT2D eigenvalue weighted by molar-refractivity contribution is 7.10. The Labute approximate surface area is 120 Å². The lowest BCUT2D eigenvalue weighted by Gasteiger charge is -2.35. The van der Waals surface area contributed by atoms with Crippen LogP contribution < -0.4 is 5.73 Å². The fraction of sp³-hybridized carbons (Fsp3) is 0.733. The summed E-state index contributed by atoms with van der Waals surface area (Å²) >= 11 is 1.80. The molecule has 3 unspecified atom stereocenters. The summed E-state index contributed by atoms with van der Waals surface area (Å²) in [7, 11) is 2.18. The molecule has 1 aliphatic rings. The first-order chi connectivity index (χ1) is 9.22. The molecule has 1 fully saturated rings. The van der Waals surface area contributed by atoms with Crippen molar-refractivity contribution in [3.63, 3.8) is 0 Å². The van der Waals surface area contributed by atoms with Gasteiger partial charge in [0.05, 0.1) is 12.1 Å². The molecule has 0 aromatic carbocycles. The minimum absolute atomic E-state index is 0.187. The molecule has 2 N–H and O–H groups in total. The van der Waals surface area contributed by atoms with Gasteiger partial charge >= 0.3 is 0 Å². The quantitative estimate of drug-likeness (QED) is 0.871. The Kier molecular flexibility index (Phi) is 5.82. The monoisotopic (exact) mass is 282 g/mol. The number of ether oxygens (including phenoxy) is 1. The molecule has 2 rings (SSSR count). The summed E-state index contributed by atoms with van der Waals surface area (Å²) in [4.78, 5) is 3.75. The molecule has 1 aromatic rings. The van der Waals surface area contributed by atoms with E-state index >= 15 is 0 Å². The van der Waals surface area contributed by atoms with Crippen molar-refractivity contribution >= 4 is 11.3 Å². The zero-order valence-electron chi connectivity index (χ0n) is 12.0. The summed E-state index contributed by atoms with van der Waals surface area (Å²) in [6, 6.07) is 4.81. The van der Waals surface area contributed by atoms with Gasteiger partial charge in [-0.05, 0) is 44.2 Å². The Hall–Kier alpha value is -0.420. The highest BCUT2D eigenvalue weighted by Crippen LogP contribution is 2.28. The van der Waals surface area contributed by atoms with Gasteiger partial charge in [0.25, 0.3) is 0 Å². The number of nitrogens with zero attached hydrogens (tertiary/aromatic N) is 1. The van der Waals surface area contributed by atoms with E-state index in [1.165, 1.54) is 24.1 Å². The van der Waals surface area contributed by atoms with Crippen molar-refractivity contribution in [2.75, 3.05) is 20.2 Å². The number of hydrogen-bond donors (Lipinski definition) is 1. The van der Waals surface area contributed by atoms with Gasteiger partial charge in [0.15, 0.2) is 0 Å². The smallest absolute Gasteiger partial charge is 0.0702 e. The van der Waals surface area contributed by atoms with Gasteiger partial charge in [-0.1, -0.05) is 13.0 Å². The molecule has 2 heterocycles. The van der Waals surface area contributed by atoms with Crippen LogP contribution in [0.1, 0.15) is 43.5 Å². The minimum atomic E-state index is 0.187. The van der Waals surface area contributed by atoms with Gasteiger partial charge in [-0.2, -0.15) is 0 Å². The molecule has 3 nitrogen and oxygen atoms in total. The molecule has 19 heavy (non-hydrogen) atoms. The average molecular weight is 282 g/mol. The van der Waals surface area contributed by atoms with E-state index in [9.17, 15) is 0 Å². The molecule has 1 saturated heterocycles. The molecule has 0 bridgehead atoms. The SMILES string of the molecule is CCC(N)C(c1cccs1)N(C)CC1CCCCO1. The maximum Gasteiger partial charge on any atom is 0.0702 e. The van der Waals surface area contributed by atoms with Crippen LogP contribution in [0.2, 0.25) is 0 Å². The van der Waals surface area contributed by atoms with E-state index in [2.05, 4.69) is 36.4 Å². The molecule has 3 atom stereocenters. The van der Waals surface area contributed by atoms with Crippen molar-refractivity contribution in [3.05, 3.63) is 22.4 Å². The predicted octanol–water partition coefficient (Wildman–Crippen LogP) is 3.03. The van der Waals surface area contributed by atoms with Gasteiger partial charge < -0.3 is 10.5 Å². The van der Waals surface area contributed by atoms with Crippen LogP contribution in [0.25, 0.3) is 0 Å². The van der Waals surface area contributed by atoms with Crippen molar-refractivity contribution in [1.29, 1.82) is 0 Å². The highest BCUT2D eigenvalue weighted by Gasteiger charge is 2.26. The number of hydrogen-bond acceptors (Lipinski definition) is 4. The van der Waals surface area contributed by atoms with Crippen LogP contribution >= 0.6 is 11.3 Å². The Balaban J connectivity index is 2.00. The number of likely N-dealkylation sites (N-methyl/N-ethyl adjacent to an activating group) is 1. The zero-order valence-corrected chi connectivity index (χ0v) is 12.9. The lowest BCUT2D eigenvalue weighted by Crippen LogP contribution is -2.42. The van der Waals surface area contributed by atoms with Gasteiger partial charge in [0.2, 0.25) is 0 Å². The topological polar surface area (TPSA) is 38.5 Å². The van der Waals surface area contributed by atoms with Gasteiger partial charge in [0, 0.05) is 24.1 Å². The molecule has 0 amide bonds. The standard InChI is InChI=1S/C15H26N2OS/c1-3-13(16)15(14-8-6-10-19-14)17(2)11-12-7-4-5-9-18-12/h6,8,10,12-13,15H,3-5,7,9,11,16H2,1-2H3. The summed E-state index contributed by atoms with van der Waals surface area (Å²) in [5.74, 6) is 0. The Morgan fingerprint density at radius 1 is 1.53 bits per heavy atom. The summed E-state index contributed by atoms with van der Waals surface area (Å²) in [5.41, 5.74) is 6.34. The van der Waals surface area contributed by atoms with Crippen LogP contribution in [0.4, 0.5) is 0 Å². The number of rotatable bonds is 6. The molecule has 0 aliphatic carbocycles. The Morgan fingerprint density at radius 2 is 2.37 bits per heavy atom. The molecule has 4 heteroatoms. The minimum Gasteiger partial charge on any atom is -0.377 e. The molecule has 1 aromatic heterocycles. The van der Waals surface area contributed by atoms with E-state index in [4.69, 9.17) is 10.5 Å². The van der Waals surface area contributed by atoms with Gasteiger partial charge in [-0.3, -0.25) is 4.90 Å². The first-order valence-electron chi connectivity index (χ1n) is 7.33. The summed E-state index contributed by atoms with van der Waals surface area (Å²) in [6.45, 7) is 4.06. The van der Waals surface area contributed by atoms with E-state index in [1.54, 1.807) is 11.3 Å². The first-order valence-corrected chi connectivity index (χ1v) is 8.21. The third-order valence-corrected chi connectivity index (χ3v) is 4.90. The van der Waals surface area contributed by atoms with Crippen molar-refractivity contribution in [2.45, 2.75) is 50.8 Å². The average Bonchev–Trinajstić information content (AvgIpc) is 2.93. The summed E-state index contributed by atoms with van der Waals surface area (Å²) < 4.78 is 5.85. The Bertz CT molecular complexity index is 349. The Morgan fingerprint density at radius 3 is 2.95 bits per heavy atom. The molecule has 1 aliphatic heterocycles. The zero-order chi connectivity index (χ0) is 13.7. The number of nitrogens with two attached hydrogens (primary N) is 1. The van der Waals surface area contributed by atoms with E-state index < -0.39 is 0 Å². The van der Waals surface area contributed by atoms with Crippen molar-refractivity contribution in [3.8, 4) is 0 Å². The second-order valence-corrected chi connectivity index (χ2v) is 6.44. The summed E-state index contributed by atoms with van der Waals surface area (Å²) in [5, 5.41) is 2.13. The van der Waals surface area contributed by atoms with Crippen LogP contribution in [0, 0.1) is 0 Å². The van der Waals surface area contributed by atoms with E-state index in [1.807, 2.05) is 0 Å². The maximum atomic E-state index is 6.34. The molecule has 0 radical (unpaired) electrons. The molecule has 0 saturated carbocycles. The fourth-order valence-corrected chi connectivity index (χ4v) is 3.79. The summed E-state index contributed by atoms with van der Waals surface area (Å²) in [6.07, 6.45) is 5.07. The van der Waals surface area contributed by atoms with E-state index in [0.29, 0.717) is 12.1 Å². The predicted molar refractivity (Wildman–Crippen MR) is 81.5 cm³/mol. The lowest BCUT2D eigenvalue weighted by atomic mass is 10.0. The third-order valence-electron chi connectivity index (χ3n) is 3.95.